The molecule has 2 atom stereocenters. The van der Waals surface area contributed by atoms with Crippen molar-refractivity contribution >= 4 is 11.9 Å². The van der Waals surface area contributed by atoms with E-state index in [0.29, 0.717) is 0 Å². The smallest absolute Gasteiger partial charge is 0.341 e. The minimum atomic E-state index is -1.46. The third-order valence-corrected chi connectivity index (χ3v) is 1.33. The molecule has 2 unspecified atom stereocenters. The highest BCUT2D eigenvalue weighted by molar-refractivity contribution is 5.77. The predicted molar refractivity (Wildman–Crippen MR) is 49.5 cm³/mol. The zero-order valence-electron chi connectivity index (χ0n) is 7.96. The fraction of sp³-hybridized carbons (Fsp3) is 0.333. The summed E-state index contributed by atoms with van der Waals surface area (Å²) in [6.45, 7) is 5.62. The molecule has 0 radical (unpaired) electrons. The number of aliphatic hydroxyl groups is 2. The average Bonchev–Trinajstić information content (AvgIpc) is 2.26. The molecule has 0 aromatic rings. The van der Waals surface area contributed by atoms with Gasteiger partial charge in [0, 0.05) is 0 Å². The highest BCUT2D eigenvalue weighted by Gasteiger charge is 2.15. The van der Waals surface area contributed by atoms with Crippen molar-refractivity contribution in [2.75, 3.05) is 6.79 Å². The van der Waals surface area contributed by atoms with Crippen LogP contribution in [0.2, 0.25) is 0 Å². The molecule has 0 fully saturated rings. The molecular weight excluding hydrogens is 204 g/mol. The van der Waals surface area contributed by atoms with E-state index < -0.39 is 30.9 Å². The molecule has 0 amide bonds. The van der Waals surface area contributed by atoms with E-state index in [-0.39, 0.29) is 0 Å². The van der Waals surface area contributed by atoms with Gasteiger partial charge >= 0.3 is 11.9 Å². The summed E-state index contributed by atoms with van der Waals surface area (Å²) in [6.07, 6.45) is -1.01. The fourth-order valence-electron chi connectivity index (χ4n) is 0.509. The molecule has 6 heteroatoms. The first-order valence-corrected chi connectivity index (χ1v) is 3.97. The first-order valence-electron chi connectivity index (χ1n) is 3.97. The number of esters is 2. The van der Waals surface area contributed by atoms with Gasteiger partial charge in [-0.2, -0.15) is 0 Å². The van der Waals surface area contributed by atoms with Crippen molar-refractivity contribution in [3.8, 4) is 0 Å². The van der Waals surface area contributed by atoms with Gasteiger partial charge in [-0.25, -0.2) is 9.59 Å². The van der Waals surface area contributed by atoms with Crippen LogP contribution in [-0.4, -0.2) is 41.2 Å². The first kappa shape index (κ1) is 13.3. The Morgan fingerprint density at radius 2 is 1.40 bits per heavy atom. The molecule has 0 aromatic carbocycles. The van der Waals surface area contributed by atoms with E-state index in [1.54, 1.807) is 0 Å². The highest BCUT2D eigenvalue weighted by Crippen LogP contribution is 1.93. The number of carbonyl (C=O) groups excluding carboxylic acids is 2. The first-order chi connectivity index (χ1) is 7.02. The molecule has 0 rings (SSSR count). The summed E-state index contributed by atoms with van der Waals surface area (Å²) in [4.78, 5) is 21.6. The lowest BCUT2D eigenvalue weighted by Gasteiger charge is -2.08. The van der Waals surface area contributed by atoms with Gasteiger partial charge in [0.15, 0.2) is 12.2 Å². The highest BCUT2D eigenvalue weighted by atomic mass is 16.7. The van der Waals surface area contributed by atoms with E-state index in [4.69, 9.17) is 10.2 Å². The van der Waals surface area contributed by atoms with Crippen LogP contribution >= 0.6 is 0 Å². The summed E-state index contributed by atoms with van der Waals surface area (Å²) in [5.41, 5.74) is 0. The molecule has 0 bridgehead atoms. The van der Waals surface area contributed by atoms with Gasteiger partial charge in [-0.1, -0.05) is 25.3 Å². The molecule has 0 spiro atoms. The van der Waals surface area contributed by atoms with Crippen LogP contribution in [0.3, 0.4) is 0 Å². The van der Waals surface area contributed by atoms with Gasteiger partial charge in [-0.15, -0.1) is 0 Å². The Kier molecular flexibility index (Phi) is 6.00. The van der Waals surface area contributed by atoms with Crippen molar-refractivity contribution in [3.05, 3.63) is 25.3 Å². The molecule has 6 nitrogen and oxygen atoms in total. The zero-order valence-corrected chi connectivity index (χ0v) is 7.96. The monoisotopic (exact) mass is 216 g/mol. The van der Waals surface area contributed by atoms with Gasteiger partial charge in [0.1, 0.15) is 0 Å². The van der Waals surface area contributed by atoms with Crippen molar-refractivity contribution in [2.24, 2.45) is 0 Å². The van der Waals surface area contributed by atoms with E-state index in [0.717, 1.165) is 12.2 Å². The standard InChI is InChI=1S/C9H12O6/c1-3-6(10)8(12)14-5-15-9(13)7(11)4-2/h3-4,6-7,10-11H,1-2,5H2. The van der Waals surface area contributed by atoms with Crippen LogP contribution in [0.5, 0.6) is 0 Å². The van der Waals surface area contributed by atoms with Gasteiger partial charge in [-0.05, 0) is 0 Å². The summed E-state index contributed by atoms with van der Waals surface area (Å²) in [5, 5.41) is 17.7. The Labute approximate surface area is 86.4 Å². The molecule has 84 valence electrons. The number of ether oxygens (including phenoxy) is 2. The van der Waals surface area contributed by atoms with Gasteiger partial charge in [0.25, 0.3) is 0 Å². The maximum Gasteiger partial charge on any atom is 0.341 e. The van der Waals surface area contributed by atoms with E-state index >= 15 is 0 Å². The normalized spacial score (nSPS) is 13.5. The van der Waals surface area contributed by atoms with Gasteiger partial charge < -0.3 is 19.7 Å². The lowest BCUT2D eigenvalue weighted by atomic mass is 10.4. The molecule has 0 heterocycles. The summed E-state index contributed by atoms with van der Waals surface area (Å²) in [7, 11) is 0. The molecule has 2 N–H and O–H groups in total. The summed E-state index contributed by atoms with van der Waals surface area (Å²) in [6, 6.07) is 0. The second-order valence-corrected chi connectivity index (χ2v) is 2.41. The maximum absolute atomic E-state index is 10.8. The van der Waals surface area contributed by atoms with E-state index in [9.17, 15) is 9.59 Å². The minimum Gasteiger partial charge on any atom is -0.426 e. The van der Waals surface area contributed by atoms with Crippen molar-refractivity contribution in [3.63, 3.8) is 0 Å². The Bertz CT molecular complexity index is 233. The van der Waals surface area contributed by atoms with Crippen LogP contribution in [0.25, 0.3) is 0 Å². The third kappa shape index (κ3) is 4.94. The SMILES string of the molecule is C=CC(O)C(=O)OCOC(=O)C(O)C=C. The van der Waals surface area contributed by atoms with Crippen LogP contribution in [0.4, 0.5) is 0 Å². The molecule has 0 aliphatic carbocycles. The lowest BCUT2D eigenvalue weighted by Crippen LogP contribution is -2.26. The molecule has 0 aromatic heterocycles. The van der Waals surface area contributed by atoms with Crippen molar-refractivity contribution in [1.82, 2.24) is 0 Å². The quantitative estimate of drug-likeness (QED) is 0.340. The van der Waals surface area contributed by atoms with E-state index in [1.807, 2.05) is 0 Å². The maximum atomic E-state index is 10.8. The second-order valence-electron chi connectivity index (χ2n) is 2.41. The minimum absolute atomic E-state index is 0.687. The predicted octanol–water partition coefficient (Wildman–Crippen LogP) is -0.876. The van der Waals surface area contributed by atoms with Crippen LogP contribution < -0.4 is 0 Å². The summed E-state index contributed by atoms with van der Waals surface area (Å²) >= 11 is 0. The van der Waals surface area contributed by atoms with Crippen LogP contribution in [0.15, 0.2) is 25.3 Å². The van der Waals surface area contributed by atoms with E-state index in [2.05, 4.69) is 22.6 Å². The lowest BCUT2D eigenvalue weighted by molar-refractivity contribution is -0.175. The van der Waals surface area contributed by atoms with Gasteiger partial charge in [0.2, 0.25) is 6.79 Å². The van der Waals surface area contributed by atoms with Crippen molar-refractivity contribution in [1.29, 1.82) is 0 Å². The van der Waals surface area contributed by atoms with E-state index in [1.165, 1.54) is 0 Å². The zero-order chi connectivity index (χ0) is 11.8. The molecule has 0 saturated carbocycles. The molecule has 0 aliphatic heterocycles. The van der Waals surface area contributed by atoms with Gasteiger partial charge in [0.05, 0.1) is 0 Å². The Balaban J connectivity index is 3.80. The summed E-state index contributed by atoms with van der Waals surface area (Å²) < 4.78 is 8.62. The second kappa shape index (κ2) is 6.74. The molecule has 15 heavy (non-hydrogen) atoms. The molecule has 0 saturated heterocycles. The Hall–Kier alpha value is -1.66. The largest absolute Gasteiger partial charge is 0.426 e. The van der Waals surface area contributed by atoms with Crippen LogP contribution in [0, 0.1) is 0 Å². The topological polar surface area (TPSA) is 93.1 Å². The Morgan fingerprint density at radius 1 is 1.07 bits per heavy atom. The molecular formula is C9H12O6. The average molecular weight is 216 g/mol. The number of hydrogen-bond donors (Lipinski definition) is 2. The van der Waals surface area contributed by atoms with Crippen molar-refractivity contribution in [2.45, 2.75) is 12.2 Å². The van der Waals surface area contributed by atoms with Crippen LogP contribution in [-0.2, 0) is 19.1 Å². The fourth-order valence-corrected chi connectivity index (χ4v) is 0.509. The third-order valence-electron chi connectivity index (χ3n) is 1.33. The Morgan fingerprint density at radius 3 is 1.67 bits per heavy atom. The van der Waals surface area contributed by atoms with Gasteiger partial charge in [-0.3, -0.25) is 0 Å². The van der Waals surface area contributed by atoms with Crippen LogP contribution in [0.1, 0.15) is 0 Å². The number of aliphatic hydroxyl groups excluding tert-OH is 2. The van der Waals surface area contributed by atoms with Crippen molar-refractivity contribution < 1.29 is 29.3 Å². The number of rotatable bonds is 6. The number of carbonyl (C=O) groups is 2. The summed E-state index contributed by atoms with van der Waals surface area (Å²) in [5.74, 6) is -1.99. The number of hydrogen-bond acceptors (Lipinski definition) is 6. The molecule has 0 aliphatic rings.